The second-order valence-corrected chi connectivity index (χ2v) is 5.74. The van der Waals surface area contributed by atoms with Crippen LogP contribution < -0.4 is 0 Å². The Kier molecular flexibility index (Phi) is 1.91. The molecule has 4 rings (SSSR count). The molecule has 3 unspecified atom stereocenters. The molecular formula is C12H20N2O. The first-order chi connectivity index (χ1) is 7.42. The van der Waals surface area contributed by atoms with Gasteiger partial charge >= 0.3 is 0 Å². The maximum Gasteiger partial charge on any atom is 0.0936 e. The van der Waals surface area contributed by atoms with Crippen LogP contribution in [0, 0.1) is 11.8 Å². The molecule has 3 aliphatic heterocycles. The molecular weight excluding hydrogens is 188 g/mol. The van der Waals surface area contributed by atoms with E-state index in [1.54, 1.807) is 0 Å². The predicted molar refractivity (Wildman–Crippen MR) is 57.8 cm³/mol. The SMILES string of the molecule is C1CCN(C2C3CN(CC4CO4)CC32)C1. The summed E-state index contributed by atoms with van der Waals surface area (Å²) in [5.41, 5.74) is 0. The zero-order valence-electron chi connectivity index (χ0n) is 9.27. The summed E-state index contributed by atoms with van der Waals surface area (Å²) in [7, 11) is 0. The summed E-state index contributed by atoms with van der Waals surface area (Å²) in [6.45, 7) is 7.69. The fourth-order valence-electron chi connectivity index (χ4n) is 3.77. The lowest BCUT2D eigenvalue weighted by Crippen LogP contribution is -2.34. The average molecular weight is 208 g/mol. The van der Waals surface area contributed by atoms with E-state index < -0.39 is 0 Å². The van der Waals surface area contributed by atoms with Crippen LogP contribution in [0.4, 0.5) is 0 Å². The lowest BCUT2D eigenvalue weighted by atomic mass is 10.3. The summed E-state index contributed by atoms with van der Waals surface area (Å²) in [6, 6.07) is 0.976. The highest BCUT2D eigenvalue weighted by atomic mass is 16.6. The zero-order valence-corrected chi connectivity index (χ0v) is 9.27. The monoisotopic (exact) mass is 208 g/mol. The Morgan fingerprint density at radius 1 is 1.07 bits per heavy atom. The van der Waals surface area contributed by atoms with Crippen molar-refractivity contribution >= 4 is 0 Å². The van der Waals surface area contributed by atoms with Crippen LogP contribution in [0.15, 0.2) is 0 Å². The van der Waals surface area contributed by atoms with Crippen LogP contribution in [-0.4, -0.2) is 61.3 Å². The van der Waals surface area contributed by atoms with Crippen molar-refractivity contribution in [3.63, 3.8) is 0 Å². The quantitative estimate of drug-likeness (QED) is 0.626. The number of piperidine rings is 1. The number of ether oxygens (including phenoxy) is 1. The Balaban J connectivity index is 1.31. The minimum atomic E-state index is 0.590. The molecule has 15 heavy (non-hydrogen) atoms. The number of fused-ring (bicyclic) bond motifs is 1. The highest BCUT2D eigenvalue weighted by molar-refractivity contribution is 5.11. The van der Waals surface area contributed by atoms with Crippen molar-refractivity contribution < 1.29 is 4.74 Å². The second kappa shape index (κ2) is 3.19. The Morgan fingerprint density at radius 2 is 1.73 bits per heavy atom. The van der Waals surface area contributed by atoms with Crippen LogP contribution in [0.1, 0.15) is 12.8 Å². The molecule has 84 valence electrons. The second-order valence-electron chi connectivity index (χ2n) is 5.74. The zero-order chi connectivity index (χ0) is 9.83. The first kappa shape index (κ1) is 8.97. The number of hydrogen-bond acceptors (Lipinski definition) is 3. The van der Waals surface area contributed by atoms with Crippen molar-refractivity contribution in [3.05, 3.63) is 0 Å². The number of nitrogens with zero attached hydrogens (tertiary/aromatic N) is 2. The van der Waals surface area contributed by atoms with Gasteiger partial charge in [-0.1, -0.05) is 0 Å². The molecule has 4 fully saturated rings. The van der Waals surface area contributed by atoms with Gasteiger partial charge in [0.05, 0.1) is 12.7 Å². The van der Waals surface area contributed by atoms with E-state index in [4.69, 9.17) is 4.74 Å². The number of likely N-dealkylation sites (tertiary alicyclic amines) is 2. The van der Waals surface area contributed by atoms with E-state index in [9.17, 15) is 0 Å². The van der Waals surface area contributed by atoms with Crippen LogP contribution in [0.5, 0.6) is 0 Å². The third-order valence-electron chi connectivity index (χ3n) is 4.65. The molecule has 3 atom stereocenters. The normalized spacial score (nSPS) is 49.6. The van der Waals surface area contributed by atoms with Crippen molar-refractivity contribution in [2.75, 3.05) is 39.3 Å². The summed E-state index contributed by atoms with van der Waals surface area (Å²) >= 11 is 0. The maximum atomic E-state index is 5.30. The molecule has 0 aromatic heterocycles. The van der Waals surface area contributed by atoms with Gasteiger partial charge < -0.3 is 4.74 Å². The first-order valence-corrected chi connectivity index (χ1v) is 6.50. The molecule has 0 spiro atoms. The van der Waals surface area contributed by atoms with Gasteiger partial charge in [-0.3, -0.25) is 9.80 Å². The molecule has 1 aliphatic carbocycles. The minimum absolute atomic E-state index is 0.590. The summed E-state index contributed by atoms with van der Waals surface area (Å²) in [4.78, 5) is 5.37. The molecule has 0 N–H and O–H groups in total. The van der Waals surface area contributed by atoms with Gasteiger partial charge in [0.2, 0.25) is 0 Å². The highest BCUT2D eigenvalue weighted by Gasteiger charge is 2.58. The fraction of sp³-hybridized carbons (Fsp3) is 1.00. The Labute approximate surface area is 91.4 Å². The fourth-order valence-corrected chi connectivity index (χ4v) is 3.77. The molecule has 1 saturated carbocycles. The lowest BCUT2D eigenvalue weighted by Gasteiger charge is -2.22. The molecule has 0 aromatic carbocycles. The van der Waals surface area contributed by atoms with Gasteiger partial charge in [-0.25, -0.2) is 0 Å². The smallest absolute Gasteiger partial charge is 0.0936 e. The molecule has 0 aromatic rings. The molecule has 3 nitrogen and oxygen atoms in total. The standard InChI is InChI=1S/C12H20N2O/c1-2-4-14(3-1)12-10-6-13(7-11(10)12)5-9-8-15-9/h9-12H,1-8H2. The van der Waals surface area contributed by atoms with Crippen molar-refractivity contribution in [2.24, 2.45) is 11.8 Å². The lowest BCUT2D eigenvalue weighted by molar-refractivity contribution is 0.214. The topological polar surface area (TPSA) is 19.0 Å². The van der Waals surface area contributed by atoms with Gasteiger partial charge in [-0.2, -0.15) is 0 Å². The van der Waals surface area contributed by atoms with Crippen molar-refractivity contribution in [2.45, 2.75) is 25.0 Å². The third-order valence-corrected chi connectivity index (χ3v) is 4.65. The van der Waals surface area contributed by atoms with E-state index in [1.807, 2.05) is 0 Å². The summed E-state index contributed by atoms with van der Waals surface area (Å²) in [5.74, 6) is 2.03. The summed E-state index contributed by atoms with van der Waals surface area (Å²) in [5, 5.41) is 0. The van der Waals surface area contributed by atoms with Gasteiger partial charge in [0.1, 0.15) is 0 Å². The maximum absolute atomic E-state index is 5.30. The minimum Gasteiger partial charge on any atom is -0.372 e. The number of hydrogen-bond donors (Lipinski definition) is 0. The van der Waals surface area contributed by atoms with E-state index in [0.717, 1.165) is 24.5 Å². The molecule has 0 amide bonds. The van der Waals surface area contributed by atoms with Crippen LogP contribution in [0.2, 0.25) is 0 Å². The van der Waals surface area contributed by atoms with Crippen LogP contribution in [0.3, 0.4) is 0 Å². The van der Waals surface area contributed by atoms with Crippen molar-refractivity contribution in [1.82, 2.24) is 9.80 Å². The van der Waals surface area contributed by atoms with Crippen molar-refractivity contribution in [3.8, 4) is 0 Å². The highest BCUT2D eigenvalue weighted by Crippen LogP contribution is 2.49. The summed E-state index contributed by atoms with van der Waals surface area (Å²) in [6.07, 6.45) is 3.47. The van der Waals surface area contributed by atoms with E-state index in [-0.39, 0.29) is 0 Å². The van der Waals surface area contributed by atoms with Gasteiger partial charge in [-0.15, -0.1) is 0 Å². The summed E-state index contributed by atoms with van der Waals surface area (Å²) < 4.78 is 5.30. The van der Waals surface area contributed by atoms with Gasteiger partial charge in [0.25, 0.3) is 0 Å². The molecule has 0 bridgehead atoms. The third kappa shape index (κ3) is 1.52. The Morgan fingerprint density at radius 3 is 2.33 bits per heavy atom. The molecule has 4 aliphatic rings. The van der Waals surface area contributed by atoms with Crippen molar-refractivity contribution in [1.29, 1.82) is 0 Å². The number of epoxide rings is 1. The number of rotatable bonds is 3. The van der Waals surface area contributed by atoms with Crippen LogP contribution in [0.25, 0.3) is 0 Å². The van der Waals surface area contributed by atoms with E-state index in [0.29, 0.717) is 6.10 Å². The van der Waals surface area contributed by atoms with Crippen LogP contribution in [-0.2, 0) is 4.74 Å². The Hall–Kier alpha value is -0.120. The Bertz CT molecular complexity index is 248. The van der Waals surface area contributed by atoms with E-state index in [2.05, 4.69) is 9.80 Å². The van der Waals surface area contributed by atoms with E-state index in [1.165, 1.54) is 45.6 Å². The van der Waals surface area contributed by atoms with Crippen LogP contribution >= 0.6 is 0 Å². The predicted octanol–water partition coefficient (Wildman–Crippen LogP) is 0.411. The molecule has 0 radical (unpaired) electrons. The average Bonchev–Trinajstić information content (AvgIpc) is 3.05. The molecule has 3 saturated heterocycles. The molecule has 3 heterocycles. The van der Waals surface area contributed by atoms with Gasteiger partial charge in [-0.05, 0) is 37.8 Å². The first-order valence-electron chi connectivity index (χ1n) is 6.50. The van der Waals surface area contributed by atoms with E-state index >= 15 is 0 Å². The largest absolute Gasteiger partial charge is 0.372 e. The van der Waals surface area contributed by atoms with Gasteiger partial charge in [0.15, 0.2) is 0 Å². The van der Waals surface area contributed by atoms with Gasteiger partial charge in [0, 0.05) is 25.7 Å². The molecule has 3 heteroatoms.